The molecule has 2 aliphatic carbocycles. The largest absolute Gasteiger partial charge is 0.383 e. The Morgan fingerprint density at radius 1 is 1.00 bits per heavy atom. The van der Waals surface area contributed by atoms with Crippen LogP contribution in [0.2, 0.25) is 0 Å². The van der Waals surface area contributed by atoms with Crippen molar-refractivity contribution in [3.63, 3.8) is 0 Å². The van der Waals surface area contributed by atoms with Gasteiger partial charge in [0, 0.05) is 5.56 Å². The molecule has 0 saturated carbocycles. The minimum absolute atomic E-state index is 0.0303. The van der Waals surface area contributed by atoms with Crippen LogP contribution in [0.25, 0.3) is 6.08 Å². The van der Waals surface area contributed by atoms with Crippen molar-refractivity contribution in [1.82, 2.24) is 0 Å². The van der Waals surface area contributed by atoms with E-state index in [4.69, 9.17) is 0 Å². The summed E-state index contributed by atoms with van der Waals surface area (Å²) >= 11 is 0. The molecule has 2 nitrogen and oxygen atoms in total. The van der Waals surface area contributed by atoms with E-state index in [2.05, 4.69) is 13.0 Å². The molecule has 2 aromatic carbocycles. The molecule has 0 unspecified atom stereocenters. The summed E-state index contributed by atoms with van der Waals surface area (Å²) in [5, 5.41) is 11.8. The highest BCUT2D eigenvalue weighted by molar-refractivity contribution is 6.14. The van der Waals surface area contributed by atoms with Crippen LogP contribution >= 0.6 is 0 Å². The number of hydrogen-bond acceptors (Lipinski definition) is 2. The van der Waals surface area contributed by atoms with Crippen molar-refractivity contribution >= 4 is 11.9 Å². The van der Waals surface area contributed by atoms with E-state index >= 15 is 0 Å². The molecule has 2 aromatic rings. The average Bonchev–Trinajstić information content (AvgIpc) is 2.96. The van der Waals surface area contributed by atoms with Gasteiger partial charge in [0.25, 0.3) is 0 Å². The molecule has 0 saturated heterocycles. The van der Waals surface area contributed by atoms with Gasteiger partial charge in [-0.15, -0.1) is 0 Å². The first-order valence-corrected chi connectivity index (χ1v) is 8.22. The summed E-state index contributed by atoms with van der Waals surface area (Å²) < 4.78 is 0. The highest BCUT2D eigenvalue weighted by Gasteiger charge is 2.65. The van der Waals surface area contributed by atoms with Crippen molar-refractivity contribution in [2.24, 2.45) is 0 Å². The monoisotopic (exact) mass is 304 g/mol. The van der Waals surface area contributed by atoms with E-state index in [1.165, 1.54) is 0 Å². The van der Waals surface area contributed by atoms with Gasteiger partial charge in [0.2, 0.25) is 0 Å². The Morgan fingerprint density at radius 3 is 2.39 bits per heavy atom. The highest BCUT2D eigenvalue weighted by Crippen LogP contribution is 2.60. The molecule has 1 spiro atoms. The molecule has 2 heteroatoms. The lowest BCUT2D eigenvalue weighted by Crippen LogP contribution is -2.49. The first-order valence-electron chi connectivity index (χ1n) is 8.22. The Hall–Kier alpha value is -2.19. The SMILES string of the molecule is CCC[C@]1(O)c2ccccc2C(=O)[C@@]12C(C)=Cc1ccccc12. The topological polar surface area (TPSA) is 37.3 Å². The quantitative estimate of drug-likeness (QED) is 0.901. The van der Waals surface area contributed by atoms with Crippen LogP contribution in [0.4, 0.5) is 0 Å². The first kappa shape index (κ1) is 14.4. The van der Waals surface area contributed by atoms with Crippen molar-refractivity contribution in [3.8, 4) is 0 Å². The summed E-state index contributed by atoms with van der Waals surface area (Å²) in [6, 6.07) is 15.5. The van der Waals surface area contributed by atoms with E-state index in [1.807, 2.05) is 55.5 Å². The fourth-order valence-electron chi connectivity index (χ4n) is 4.69. The molecule has 0 fully saturated rings. The van der Waals surface area contributed by atoms with Gasteiger partial charge in [-0.25, -0.2) is 0 Å². The third-order valence-electron chi connectivity index (χ3n) is 5.52. The number of rotatable bonds is 2. The fraction of sp³-hybridized carbons (Fsp3) is 0.286. The van der Waals surface area contributed by atoms with Gasteiger partial charge in [0.05, 0.1) is 0 Å². The van der Waals surface area contributed by atoms with Crippen molar-refractivity contribution in [1.29, 1.82) is 0 Å². The molecular weight excluding hydrogens is 284 g/mol. The van der Waals surface area contributed by atoms with Crippen LogP contribution in [0, 0.1) is 0 Å². The summed E-state index contributed by atoms with van der Waals surface area (Å²) in [5.74, 6) is 0.0303. The number of benzene rings is 2. The minimum Gasteiger partial charge on any atom is -0.383 e. The Morgan fingerprint density at radius 2 is 1.65 bits per heavy atom. The lowest BCUT2D eigenvalue weighted by molar-refractivity contribution is -0.0181. The number of hydrogen-bond donors (Lipinski definition) is 1. The zero-order valence-corrected chi connectivity index (χ0v) is 13.5. The summed E-state index contributed by atoms with van der Waals surface area (Å²) in [4.78, 5) is 13.5. The first-order chi connectivity index (χ1) is 11.1. The van der Waals surface area contributed by atoms with Gasteiger partial charge < -0.3 is 5.11 Å². The standard InChI is InChI=1S/C21H20O2/c1-3-12-20(23)18-11-7-5-9-16(18)19(22)21(20)14(2)13-15-8-4-6-10-17(15)21/h4-11,13,23H,3,12H2,1-2H3/t20-,21-/m0/s1. The van der Waals surface area contributed by atoms with Gasteiger partial charge in [-0.2, -0.15) is 0 Å². The van der Waals surface area contributed by atoms with Crippen LogP contribution in [0.5, 0.6) is 0 Å². The lowest BCUT2D eigenvalue weighted by Gasteiger charge is -2.41. The van der Waals surface area contributed by atoms with Crippen LogP contribution in [0.15, 0.2) is 54.1 Å². The van der Waals surface area contributed by atoms with Crippen molar-refractivity contribution in [2.45, 2.75) is 37.7 Å². The van der Waals surface area contributed by atoms with Crippen LogP contribution in [-0.4, -0.2) is 10.9 Å². The predicted octanol–water partition coefficient (Wildman–Crippen LogP) is 4.23. The Bertz CT molecular complexity index is 848. The second kappa shape index (κ2) is 4.65. The molecule has 0 amide bonds. The molecule has 0 bridgehead atoms. The number of ketones is 1. The van der Waals surface area contributed by atoms with E-state index in [0.29, 0.717) is 12.0 Å². The van der Waals surface area contributed by atoms with Gasteiger partial charge in [0.15, 0.2) is 5.78 Å². The number of carbonyl (C=O) groups excluding carboxylic acids is 1. The predicted molar refractivity (Wildman–Crippen MR) is 91.3 cm³/mol. The van der Waals surface area contributed by atoms with E-state index in [9.17, 15) is 9.90 Å². The second-order valence-corrected chi connectivity index (χ2v) is 6.65. The number of Topliss-reactive ketones (excluding diaryl/α,β-unsaturated/α-hetero) is 1. The maximum Gasteiger partial charge on any atom is 0.181 e. The molecule has 2 aliphatic rings. The maximum atomic E-state index is 13.5. The van der Waals surface area contributed by atoms with Gasteiger partial charge in [-0.3, -0.25) is 4.79 Å². The number of fused-ring (bicyclic) bond motifs is 3. The molecular formula is C21H20O2. The van der Waals surface area contributed by atoms with Gasteiger partial charge in [-0.05, 0) is 30.0 Å². The van der Waals surface area contributed by atoms with Crippen LogP contribution in [-0.2, 0) is 11.0 Å². The number of carbonyl (C=O) groups is 1. The Kier molecular flexibility index (Phi) is 2.91. The average molecular weight is 304 g/mol. The van der Waals surface area contributed by atoms with E-state index in [-0.39, 0.29) is 5.78 Å². The molecule has 2 atom stereocenters. The van der Waals surface area contributed by atoms with E-state index in [0.717, 1.165) is 28.7 Å². The zero-order valence-electron chi connectivity index (χ0n) is 13.5. The minimum atomic E-state index is -1.18. The molecule has 0 aromatic heterocycles. The van der Waals surface area contributed by atoms with Crippen LogP contribution < -0.4 is 0 Å². The normalized spacial score (nSPS) is 28.0. The Labute approximate surface area is 136 Å². The zero-order chi connectivity index (χ0) is 16.2. The molecule has 23 heavy (non-hydrogen) atoms. The molecule has 0 aliphatic heterocycles. The molecule has 0 heterocycles. The van der Waals surface area contributed by atoms with Gasteiger partial charge in [0.1, 0.15) is 11.0 Å². The third-order valence-corrected chi connectivity index (χ3v) is 5.52. The van der Waals surface area contributed by atoms with Crippen molar-refractivity contribution in [3.05, 3.63) is 76.4 Å². The third kappa shape index (κ3) is 1.50. The summed E-state index contributed by atoms with van der Waals surface area (Å²) in [5.41, 5.74) is 2.21. The molecule has 116 valence electrons. The fourth-order valence-corrected chi connectivity index (χ4v) is 4.69. The van der Waals surface area contributed by atoms with Crippen LogP contribution in [0.3, 0.4) is 0 Å². The Balaban J connectivity index is 2.10. The lowest BCUT2D eigenvalue weighted by atomic mass is 9.63. The molecule has 0 radical (unpaired) electrons. The van der Waals surface area contributed by atoms with Gasteiger partial charge in [-0.1, -0.05) is 73.5 Å². The molecule has 1 N–H and O–H groups in total. The van der Waals surface area contributed by atoms with Crippen molar-refractivity contribution < 1.29 is 9.90 Å². The highest BCUT2D eigenvalue weighted by atomic mass is 16.3. The van der Waals surface area contributed by atoms with Crippen molar-refractivity contribution in [2.75, 3.05) is 0 Å². The van der Waals surface area contributed by atoms with Crippen LogP contribution in [0.1, 0.15) is 53.7 Å². The van der Waals surface area contributed by atoms with E-state index < -0.39 is 11.0 Å². The number of aliphatic hydroxyl groups is 1. The smallest absolute Gasteiger partial charge is 0.181 e. The van der Waals surface area contributed by atoms with E-state index in [1.54, 1.807) is 0 Å². The summed E-state index contributed by atoms with van der Waals surface area (Å²) in [7, 11) is 0. The molecule has 4 rings (SSSR count). The summed E-state index contributed by atoms with van der Waals surface area (Å²) in [6.45, 7) is 4.03. The maximum absolute atomic E-state index is 13.5. The summed E-state index contributed by atoms with van der Waals surface area (Å²) in [6.07, 6.45) is 3.43. The second-order valence-electron chi connectivity index (χ2n) is 6.65. The van der Waals surface area contributed by atoms with Gasteiger partial charge >= 0.3 is 0 Å².